The number of anilines is 1. The van der Waals surface area contributed by atoms with E-state index in [2.05, 4.69) is 5.32 Å². The minimum atomic E-state index is -0.423. The Kier molecular flexibility index (Phi) is 5.38. The van der Waals surface area contributed by atoms with Crippen LogP contribution in [0, 0.1) is 10.1 Å². The van der Waals surface area contributed by atoms with Gasteiger partial charge in [0, 0.05) is 25.3 Å². The first kappa shape index (κ1) is 14.2. The van der Waals surface area contributed by atoms with Crippen LogP contribution in [0.25, 0.3) is 0 Å². The highest BCUT2D eigenvalue weighted by Gasteiger charge is 2.15. The van der Waals surface area contributed by atoms with E-state index < -0.39 is 4.92 Å². The van der Waals surface area contributed by atoms with Crippen LogP contribution in [-0.2, 0) is 4.74 Å². The Morgan fingerprint density at radius 3 is 2.78 bits per heavy atom. The van der Waals surface area contributed by atoms with Crippen LogP contribution in [-0.4, -0.2) is 31.3 Å². The zero-order valence-corrected chi connectivity index (χ0v) is 10.8. The molecule has 6 nitrogen and oxygen atoms in total. The molecule has 1 atom stereocenters. The van der Waals surface area contributed by atoms with Gasteiger partial charge in [-0.3, -0.25) is 10.1 Å². The fourth-order valence-electron chi connectivity index (χ4n) is 1.54. The molecule has 0 saturated carbocycles. The molecule has 0 aliphatic heterocycles. The first-order valence-corrected chi connectivity index (χ1v) is 5.76. The van der Waals surface area contributed by atoms with Gasteiger partial charge in [-0.1, -0.05) is 0 Å². The van der Waals surface area contributed by atoms with Crippen LogP contribution < -0.4 is 10.1 Å². The third kappa shape index (κ3) is 3.89. The molecule has 0 amide bonds. The van der Waals surface area contributed by atoms with Crippen LogP contribution in [0.1, 0.15) is 13.8 Å². The molecule has 1 aromatic rings. The molecule has 1 unspecified atom stereocenters. The molecule has 0 aliphatic rings. The number of benzene rings is 1. The summed E-state index contributed by atoms with van der Waals surface area (Å²) in [4.78, 5) is 10.5. The SMILES string of the molecule is CCOC(C)CNc1cc(OC)ccc1[N+](=O)[O-]. The topological polar surface area (TPSA) is 73.6 Å². The molecule has 1 N–H and O–H groups in total. The van der Waals surface area contributed by atoms with E-state index in [9.17, 15) is 10.1 Å². The van der Waals surface area contributed by atoms with Crippen molar-refractivity contribution >= 4 is 11.4 Å². The number of ether oxygens (including phenoxy) is 2. The molecule has 6 heteroatoms. The van der Waals surface area contributed by atoms with Crippen LogP contribution in [0.15, 0.2) is 18.2 Å². The summed E-state index contributed by atoms with van der Waals surface area (Å²) < 4.78 is 10.4. The van der Waals surface area contributed by atoms with Gasteiger partial charge in [0.2, 0.25) is 0 Å². The van der Waals surface area contributed by atoms with E-state index >= 15 is 0 Å². The Labute approximate surface area is 106 Å². The summed E-state index contributed by atoms with van der Waals surface area (Å²) >= 11 is 0. The van der Waals surface area contributed by atoms with Crippen LogP contribution in [0.3, 0.4) is 0 Å². The number of nitro groups is 1. The molecule has 0 heterocycles. The predicted molar refractivity (Wildman–Crippen MR) is 69.2 cm³/mol. The van der Waals surface area contributed by atoms with Gasteiger partial charge in [0.25, 0.3) is 5.69 Å². The fraction of sp³-hybridized carbons (Fsp3) is 0.500. The standard InChI is InChI=1S/C12H18N2O4/c1-4-18-9(2)8-13-11-7-10(17-3)5-6-12(11)14(15)16/h5-7,9,13H,4,8H2,1-3H3. The van der Waals surface area contributed by atoms with Gasteiger partial charge in [-0.15, -0.1) is 0 Å². The van der Waals surface area contributed by atoms with E-state index in [0.29, 0.717) is 24.6 Å². The van der Waals surface area contributed by atoms with Crippen LogP contribution in [0.5, 0.6) is 5.75 Å². The molecular formula is C12H18N2O4. The van der Waals surface area contributed by atoms with E-state index in [1.54, 1.807) is 12.1 Å². The molecule has 0 aliphatic carbocycles. The summed E-state index contributed by atoms with van der Waals surface area (Å²) in [7, 11) is 1.52. The summed E-state index contributed by atoms with van der Waals surface area (Å²) in [6.45, 7) is 4.93. The third-order valence-electron chi connectivity index (χ3n) is 2.43. The molecule has 0 saturated heterocycles. The van der Waals surface area contributed by atoms with Crippen molar-refractivity contribution < 1.29 is 14.4 Å². The average Bonchev–Trinajstić information content (AvgIpc) is 2.36. The molecule has 0 bridgehead atoms. The molecule has 1 aromatic carbocycles. The monoisotopic (exact) mass is 254 g/mol. The van der Waals surface area contributed by atoms with Crippen LogP contribution >= 0.6 is 0 Å². The highest BCUT2D eigenvalue weighted by molar-refractivity contribution is 5.64. The van der Waals surface area contributed by atoms with Crippen molar-refractivity contribution in [3.05, 3.63) is 28.3 Å². The highest BCUT2D eigenvalue weighted by Crippen LogP contribution is 2.28. The Morgan fingerprint density at radius 2 is 2.22 bits per heavy atom. The fourth-order valence-corrected chi connectivity index (χ4v) is 1.54. The van der Waals surface area contributed by atoms with E-state index in [4.69, 9.17) is 9.47 Å². The first-order chi connectivity index (χ1) is 8.58. The van der Waals surface area contributed by atoms with Crippen molar-refractivity contribution in [3.63, 3.8) is 0 Å². The molecular weight excluding hydrogens is 236 g/mol. The lowest BCUT2D eigenvalue weighted by Gasteiger charge is -2.14. The van der Waals surface area contributed by atoms with Crippen molar-refractivity contribution in [2.24, 2.45) is 0 Å². The number of methoxy groups -OCH3 is 1. The lowest BCUT2D eigenvalue weighted by atomic mass is 10.2. The van der Waals surface area contributed by atoms with E-state index in [1.165, 1.54) is 13.2 Å². The zero-order valence-electron chi connectivity index (χ0n) is 10.8. The normalized spacial score (nSPS) is 11.9. The van der Waals surface area contributed by atoms with Crippen molar-refractivity contribution in [2.75, 3.05) is 25.6 Å². The van der Waals surface area contributed by atoms with Crippen molar-refractivity contribution in [1.29, 1.82) is 0 Å². The van der Waals surface area contributed by atoms with Crippen LogP contribution in [0.2, 0.25) is 0 Å². The lowest BCUT2D eigenvalue weighted by molar-refractivity contribution is -0.384. The summed E-state index contributed by atoms with van der Waals surface area (Å²) in [6.07, 6.45) is -0.0131. The van der Waals surface area contributed by atoms with Gasteiger partial charge in [0.1, 0.15) is 11.4 Å². The Balaban J connectivity index is 2.80. The molecule has 18 heavy (non-hydrogen) atoms. The van der Waals surface area contributed by atoms with Gasteiger partial charge in [0.15, 0.2) is 0 Å². The van der Waals surface area contributed by atoms with Gasteiger partial charge < -0.3 is 14.8 Å². The molecule has 1 rings (SSSR count). The number of hydrogen-bond donors (Lipinski definition) is 1. The lowest BCUT2D eigenvalue weighted by Crippen LogP contribution is -2.20. The van der Waals surface area contributed by atoms with Gasteiger partial charge in [-0.05, 0) is 19.9 Å². The number of nitrogens with one attached hydrogen (secondary N) is 1. The van der Waals surface area contributed by atoms with E-state index in [0.717, 1.165) is 0 Å². The second-order valence-corrected chi connectivity index (χ2v) is 3.79. The Morgan fingerprint density at radius 1 is 1.50 bits per heavy atom. The van der Waals surface area contributed by atoms with Gasteiger partial charge in [-0.2, -0.15) is 0 Å². The van der Waals surface area contributed by atoms with Crippen molar-refractivity contribution in [3.8, 4) is 5.75 Å². The maximum atomic E-state index is 10.9. The van der Waals surface area contributed by atoms with Crippen molar-refractivity contribution in [2.45, 2.75) is 20.0 Å². The van der Waals surface area contributed by atoms with Gasteiger partial charge >= 0.3 is 0 Å². The Hall–Kier alpha value is -1.82. The molecule has 0 aromatic heterocycles. The molecule has 0 spiro atoms. The minimum absolute atomic E-state index is 0.0131. The number of rotatable bonds is 7. The highest BCUT2D eigenvalue weighted by atomic mass is 16.6. The predicted octanol–water partition coefficient (Wildman–Crippen LogP) is 2.44. The quantitative estimate of drug-likeness (QED) is 0.597. The summed E-state index contributed by atoms with van der Waals surface area (Å²) in [5.41, 5.74) is 0.463. The summed E-state index contributed by atoms with van der Waals surface area (Å²) in [6, 6.07) is 4.60. The van der Waals surface area contributed by atoms with Crippen LogP contribution in [0.4, 0.5) is 11.4 Å². The number of hydrogen-bond acceptors (Lipinski definition) is 5. The maximum absolute atomic E-state index is 10.9. The zero-order chi connectivity index (χ0) is 13.5. The average molecular weight is 254 g/mol. The number of nitro benzene ring substituents is 1. The molecule has 100 valence electrons. The van der Waals surface area contributed by atoms with E-state index in [-0.39, 0.29) is 11.8 Å². The molecule has 0 radical (unpaired) electrons. The van der Waals surface area contributed by atoms with Gasteiger partial charge in [-0.25, -0.2) is 0 Å². The summed E-state index contributed by atoms with van der Waals surface area (Å²) in [5.74, 6) is 0.576. The smallest absolute Gasteiger partial charge is 0.292 e. The molecule has 0 fully saturated rings. The number of nitrogens with zero attached hydrogens (tertiary/aromatic N) is 1. The maximum Gasteiger partial charge on any atom is 0.292 e. The summed E-state index contributed by atoms with van der Waals surface area (Å²) in [5, 5.41) is 13.9. The minimum Gasteiger partial charge on any atom is -0.497 e. The van der Waals surface area contributed by atoms with E-state index in [1.807, 2.05) is 13.8 Å². The van der Waals surface area contributed by atoms with Gasteiger partial charge in [0.05, 0.1) is 18.1 Å². The Bertz CT molecular complexity index is 409. The first-order valence-electron chi connectivity index (χ1n) is 5.76. The van der Waals surface area contributed by atoms with Crippen molar-refractivity contribution in [1.82, 2.24) is 0 Å². The second-order valence-electron chi connectivity index (χ2n) is 3.79. The largest absolute Gasteiger partial charge is 0.497 e. The third-order valence-corrected chi connectivity index (χ3v) is 2.43. The second kappa shape index (κ2) is 6.80.